The molecule has 92 valence electrons. The van der Waals surface area contributed by atoms with Gasteiger partial charge in [-0.1, -0.05) is 0 Å². The Labute approximate surface area is 107 Å². The van der Waals surface area contributed by atoms with Gasteiger partial charge in [0.25, 0.3) is 0 Å². The molecule has 0 amide bonds. The highest BCUT2D eigenvalue weighted by atomic mass is 32.1. The minimum atomic E-state index is 0.569. The number of nitrogens with one attached hydrogen (secondary N) is 1. The summed E-state index contributed by atoms with van der Waals surface area (Å²) in [5.74, 6) is 1.08. The average Bonchev–Trinajstić information content (AvgIpc) is 3.02. The van der Waals surface area contributed by atoms with E-state index in [0.717, 1.165) is 25.0 Å². The number of thiophene rings is 1. The Morgan fingerprint density at radius 1 is 1.29 bits per heavy atom. The molecular formula is C14H19NOS. The van der Waals surface area contributed by atoms with Gasteiger partial charge in [-0.3, -0.25) is 0 Å². The largest absolute Gasteiger partial charge is 0.469 e. The summed E-state index contributed by atoms with van der Waals surface area (Å²) in [6.45, 7) is 0. The first-order chi connectivity index (χ1) is 8.38. The average molecular weight is 249 g/mol. The molecule has 2 aromatic heterocycles. The van der Waals surface area contributed by atoms with Gasteiger partial charge in [-0.25, -0.2) is 0 Å². The number of furan rings is 1. The van der Waals surface area contributed by atoms with Crippen LogP contribution in [0, 0.1) is 0 Å². The van der Waals surface area contributed by atoms with Crippen LogP contribution in [0.1, 0.15) is 24.2 Å². The van der Waals surface area contributed by atoms with Crippen LogP contribution >= 0.6 is 11.3 Å². The first-order valence-corrected chi connectivity index (χ1v) is 7.03. The summed E-state index contributed by atoms with van der Waals surface area (Å²) in [4.78, 5) is 0. The third kappa shape index (κ3) is 4.02. The molecule has 0 fully saturated rings. The van der Waals surface area contributed by atoms with Crippen molar-refractivity contribution in [2.75, 3.05) is 7.05 Å². The summed E-state index contributed by atoms with van der Waals surface area (Å²) >= 11 is 1.77. The van der Waals surface area contributed by atoms with Gasteiger partial charge in [-0.2, -0.15) is 11.3 Å². The van der Waals surface area contributed by atoms with Crippen LogP contribution in [0.4, 0.5) is 0 Å². The maximum atomic E-state index is 5.35. The van der Waals surface area contributed by atoms with Gasteiger partial charge < -0.3 is 9.73 Å². The van der Waals surface area contributed by atoms with Gasteiger partial charge in [0.05, 0.1) is 6.26 Å². The minimum absolute atomic E-state index is 0.569. The van der Waals surface area contributed by atoms with Gasteiger partial charge in [-0.15, -0.1) is 0 Å². The van der Waals surface area contributed by atoms with Crippen molar-refractivity contribution in [2.45, 2.75) is 31.7 Å². The van der Waals surface area contributed by atoms with E-state index in [1.54, 1.807) is 17.6 Å². The molecule has 2 rings (SSSR count). The molecule has 1 atom stereocenters. The summed E-state index contributed by atoms with van der Waals surface area (Å²) in [7, 11) is 2.04. The molecule has 1 unspecified atom stereocenters. The highest BCUT2D eigenvalue weighted by molar-refractivity contribution is 7.07. The van der Waals surface area contributed by atoms with E-state index in [1.165, 1.54) is 12.0 Å². The fourth-order valence-electron chi connectivity index (χ4n) is 1.98. The first kappa shape index (κ1) is 12.4. The van der Waals surface area contributed by atoms with Crippen LogP contribution in [0.3, 0.4) is 0 Å². The summed E-state index contributed by atoms with van der Waals surface area (Å²) in [5.41, 5.74) is 1.45. The Morgan fingerprint density at radius 3 is 2.82 bits per heavy atom. The van der Waals surface area contributed by atoms with Gasteiger partial charge in [0.1, 0.15) is 5.76 Å². The molecule has 0 bridgehead atoms. The van der Waals surface area contributed by atoms with Crippen LogP contribution in [0.2, 0.25) is 0 Å². The lowest BCUT2D eigenvalue weighted by molar-refractivity contribution is 0.446. The molecule has 0 saturated heterocycles. The monoisotopic (exact) mass is 249 g/mol. The van der Waals surface area contributed by atoms with Crippen LogP contribution in [-0.4, -0.2) is 13.1 Å². The lowest BCUT2D eigenvalue weighted by Gasteiger charge is -2.14. The van der Waals surface area contributed by atoms with Gasteiger partial charge in [0.2, 0.25) is 0 Å². The highest BCUT2D eigenvalue weighted by Gasteiger charge is 2.08. The number of hydrogen-bond acceptors (Lipinski definition) is 3. The lowest BCUT2D eigenvalue weighted by atomic mass is 10.0. The Bertz CT molecular complexity index is 356. The smallest absolute Gasteiger partial charge is 0.103 e. The summed E-state index contributed by atoms with van der Waals surface area (Å²) in [6.07, 6.45) is 6.24. The van der Waals surface area contributed by atoms with Crippen molar-refractivity contribution >= 4 is 11.3 Å². The second kappa shape index (κ2) is 6.62. The molecule has 0 saturated carbocycles. The fraction of sp³-hybridized carbons (Fsp3) is 0.429. The summed E-state index contributed by atoms with van der Waals surface area (Å²) < 4.78 is 5.35. The molecule has 2 nitrogen and oxygen atoms in total. The number of hydrogen-bond donors (Lipinski definition) is 1. The van der Waals surface area contributed by atoms with Crippen molar-refractivity contribution in [3.05, 3.63) is 46.5 Å². The summed E-state index contributed by atoms with van der Waals surface area (Å²) in [5, 5.41) is 7.77. The molecule has 2 aromatic rings. The van der Waals surface area contributed by atoms with E-state index < -0.39 is 0 Å². The van der Waals surface area contributed by atoms with Crippen LogP contribution in [0.25, 0.3) is 0 Å². The Balaban J connectivity index is 1.73. The van der Waals surface area contributed by atoms with Crippen LogP contribution in [-0.2, 0) is 12.8 Å². The van der Waals surface area contributed by atoms with E-state index in [9.17, 15) is 0 Å². The van der Waals surface area contributed by atoms with E-state index >= 15 is 0 Å². The lowest BCUT2D eigenvalue weighted by Crippen LogP contribution is -2.26. The number of aryl methyl sites for hydroxylation is 2. The van der Waals surface area contributed by atoms with E-state index in [4.69, 9.17) is 4.42 Å². The van der Waals surface area contributed by atoms with Gasteiger partial charge in [-0.05, 0) is 60.8 Å². The van der Waals surface area contributed by atoms with E-state index in [1.807, 2.05) is 19.2 Å². The van der Waals surface area contributed by atoms with Crippen LogP contribution in [0.15, 0.2) is 39.6 Å². The minimum Gasteiger partial charge on any atom is -0.469 e. The maximum absolute atomic E-state index is 5.35. The molecule has 0 aliphatic heterocycles. The van der Waals surface area contributed by atoms with E-state index in [-0.39, 0.29) is 0 Å². The second-order valence-electron chi connectivity index (χ2n) is 4.27. The summed E-state index contributed by atoms with van der Waals surface area (Å²) in [6, 6.07) is 6.78. The molecule has 0 aromatic carbocycles. The Morgan fingerprint density at radius 2 is 2.18 bits per heavy atom. The van der Waals surface area contributed by atoms with Gasteiger partial charge in [0, 0.05) is 12.5 Å². The Kier molecular flexibility index (Phi) is 4.83. The molecule has 0 aliphatic carbocycles. The van der Waals surface area contributed by atoms with Gasteiger partial charge >= 0.3 is 0 Å². The van der Waals surface area contributed by atoms with Crippen molar-refractivity contribution in [3.8, 4) is 0 Å². The molecule has 17 heavy (non-hydrogen) atoms. The first-order valence-electron chi connectivity index (χ1n) is 6.09. The Hall–Kier alpha value is -1.06. The second-order valence-corrected chi connectivity index (χ2v) is 5.05. The van der Waals surface area contributed by atoms with E-state index in [0.29, 0.717) is 6.04 Å². The predicted octanol–water partition coefficient (Wildman–Crippen LogP) is 3.49. The van der Waals surface area contributed by atoms with Crippen molar-refractivity contribution < 1.29 is 4.42 Å². The van der Waals surface area contributed by atoms with Crippen molar-refractivity contribution in [3.63, 3.8) is 0 Å². The zero-order valence-electron chi connectivity index (χ0n) is 10.2. The zero-order chi connectivity index (χ0) is 11.9. The molecule has 1 N–H and O–H groups in total. The normalized spacial score (nSPS) is 12.8. The third-order valence-electron chi connectivity index (χ3n) is 3.09. The van der Waals surface area contributed by atoms with Crippen molar-refractivity contribution in [1.82, 2.24) is 5.32 Å². The highest BCUT2D eigenvalue weighted by Crippen LogP contribution is 2.13. The molecule has 0 spiro atoms. The molecular weight excluding hydrogens is 230 g/mol. The van der Waals surface area contributed by atoms with Crippen molar-refractivity contribution in [2.24, 2.45) is 0 Å². The standard InChI is InChI=1S/C14H19NOS/c1-15-13(5-4-12-8-10-17-11-12)6-7-14-3-2-9-16-14/h2-3,8-11,13,15H,4-7H2,1H3. The zero-order valence-corrected chi connectivity index (χ0v) is 11.0. The molecule has 0 radical (unpaired) electrons. The fourth-order valence-corrected chi connectivity index (χ4v) is 2.68. The predicted molar refractivity (Wildman–Crippen MR) is 72.5 cm³/mol. The van der Waals surface area contributed by atoms with Gasteiger partial charge in [0.15, 0.2) is 0 Å². The third-order valence-corrected chi connectivity index (χ3v) is 3.82. The number of rotatable bonds is 7. The molecule has 0 aliphatic rings. The molecule has 3 heteroatoms. The topological polar surface area (TPSA) is 25.2 Å². The van der Waals surface area contributed by atoms with Crippen LogP contribution < -0.4 is 5.32 Å². The van der Waals surface area contributed by atoms with Crippen molar-refractivity contribution in [1.29, 1.82) is 0 Å². The quantitative estimate of drug-likeness (QED) is 0.812. The maximum Gasteiger partial charge on any atom is 0.103 e. The van der Waals surface area contributed by atoms with Crippen LogP contribution in [0.5, 0.6) is 0 Å². The SMILES string of the molecule is CNC(CCc1ccsc1)CCc1ccco1. The molecule has 2 heterocycles. The van der Waals surface area contributed by atoms with E-state index in [2.05, 4.69) is 22.1 Å².